The summed E-state index contributed by atoms with van der Waals surface area (Å²) in [6, 6.07) is 7.81. The smallest absolute Gasteiger partial charge is 0.231 e. The van der Waals surface area contributed by atoms with Crippen LogP contribution in [0.25, 0.3) is 16.8 Å². The van der Waals surface area contributed by atoms with Gasteiger partial charge in [-0.25, -0.2) is 9.50 Å². The van der Waals surface area contributed by atoms with E-state index in [0.29, 0.717) is 0 Å². The van der Waals surface area contributed by atoms with E-state index in [1.165, 1.54) is 0 Å². The maximum atomic E-state index is 5.46. The third-order valence-corrected chi connectivity index (χ3v) is 3.92. The Morgan fingerprint density at radius 2 is 2.08 bits per heavy atom. The van der Waals surface area contributed by atoms with Gasteiger partial charge in [-0.3, -0.25) is 0 Å². The van der Waals surface area contributed by atoms with Crippen LogP contribution < -0.4 is 14.8 Å². The Morgan fingerprint density at radius 1 is 1.21 bits per heavy atom. The molecule has 1 aliphatic heterocycles. The molecule has 0 unspecified atom stereocenters. The maximum Gasteiger partial charge on any atom is 0.231 e. The van der Waals surface area contributed by atoms with E-state index < -0.39 is 0 Å². The molecule has 1 N–H and O–H groups in total. The fourth-order valence-electron chi connectivity index (χ4n) is 2.64. The van der Waals surface area contributed by atoms with Crippen LogP contribution in [0.2, 0.25) is 0 Å². The van der Waals surface area contributed by atoms with Gasteiger partial charge in [-0.2, -0.15) is 5.10 Å². The van der Waals surface area contributed by atoms with Crippen molar-refractivity contribution in [1.82, 2.24) is 19.5 Å². The van der Waals surface area contributed by atoms with Crippen molar-refractivity contribution in [3.05, 3.63) is 36.7 Å². The molecule has 24 heavy (non-hydrogen) atoms. The van der Waals surface area contributed by atoms with Gasteiger partial charge in [0, 0.05) is 24.8 Å². The predicted octanol–water partition coefficient (Wildman–Crippen LogP) is 2.10. The number of ether oxygens (including phenoxy) is 2. The average molecular weight is 325 g/mol. The second-order valence-electron chi connectivity index (χ2n) is 5.94. The van der Waals surface area contributed by atoms with Gasteiger partial charge in [0.1, 0.15) is 5.82 Å². The van der Waals surface area contributed by atoms with Crippen molar-refractivity contribution in [3.8, 4) is 22.6 Å². The summed E-state index contributed by atoms with van der Waals surface area (Å²) in [5.41, 5.74) is 2.78. The highest BCUT2D eigenvalue weighted by molar-refractivity contribution is 5.79. The molecule has 0 atom stereocenters. The van der Waals surface area contributed by atoms with Gasteiger partial charge in [0.25, 0.3) is 0 Å². The molecule has 0 saturated carbocycles. The van der Waals surface area contributed by atoms with Gasteiger partial charge in [-0.15, -0.1) is 0 Å². The van der Waals surface area contributed by atoms with Gasteiger partial charge >= 0.3 is 0 Å². The molecule has 0 amide bonds. The molecule has 0 bridgehead atoms. The maximum absolute atomic E-state index is 5.46. The lowest BCUT2D eigenvalue weighted by atomic mass is 10.1. The third kappa shape index (κ3) is 2.74. The van der Waals surface area contributed by atoms with Crippen LogP contribution in [0.4, 0.5) is 5.82 Å². The molecule has 1 aromatic carbocycles. The minimum Gasteiger partial charge on any atom is -0.454 e. The van der Waals surface area contributed by atoms with Crippen molar-refractivity contribution >= 4 is 11.5 Å². The van der Waals surface area contributed by atoms with E-state index in [0.717, 1.165) is 47.2 Å². The Kier molecular flexibility index (Phi) is 3.70. The van der Waals surface area contributed by atoms with Crippen LogP contribution in [0.5, 0.6) is 11.5 Å². The number of anilines is 1. The van der Waals surface area contributed by atoms with Crippen LogP contribution in [0.15, 0.2) is 36.7 Å². The molecular weight excluding hydrogens is 306 g/mol. The minimum absolute atomic E-state index is 0.270. The van der Waals surface area contributed by atoms with Crippen LogP contribution in [0.1, 0.15) is 0 Å². The molecule has 7 nitrogen and oxygen atoms in total. The fourth-order valence-corrected chi connectivity index (χ4v) is 2.64. The van der Waals surface area contributed by atoms with Crippen molar-refractivity contribution in [3.63, 3.8) is 0 Å². The summed E-state index contributed by atoms with van der Waals surface area (Å²) < 4.78 is 12.6. The van der Waals surface area contributed by atoms with Gasteiger partial charge in [0.15, 0.2) is 17.1 Å². The van der Waals surface area contributed by atoms with Crippen molar-refractivity contribution in [2.24, 2.45) is 0 Å². The van der Waals surface area contributed by atoms with Gasteiger partial charge in [-0.1, -0.05) is 6.07 Å². The Balaban J connectivity index is 1.65. The Labute approximate surface area is 139 Å². The normalized spacial score (nSPS) is 13.0. The predicted molar refractivity (Wildman–Crippen MR) is 91.6 cm³/mol. The summed E-state index contributed by atoms with van der Waals surface area (Å²) in [5, 5.41) is 7.72. The highest BCUT2D eigenvalue weighted by Crippen LogP contribution is 2.36. The number of nitrogens with one attached hydrogen (secondary N) is 1. The first-order valence-corrected chi connectivity index (χ1v) is 7.84. The van der Waals surface area contributed by atoms with Crippen LogP contribution in [-0.2, 0) is 0 Å². The Hall–Kier alpha value is -2.80. The number of likely N-dealkylation sites (N-methyl/N-ethyl adjacent to an activating group) is 1. The third-order valence-electron chi connectivity index (χ3n) is 3.92. The zero-order valence-electron chi connectivity index (χ0n) is 13.7. The lowest BCUT2D eigenvalue weighted by molar-refractivity contribution is 0.174. The van der Waals surface area contributed by atoms with E-state index in [-0.39, 0.29) is 6.79 Å². The molecule has 0 saturated heterocycles. The molecule has 0 fully saturated rings. The van der Waals surface area contributed by atoms with Crippen molar-refractivity contribution < 1.29 is 9.47 Å². The standard InChI is InChI=1S/C17H19N5O2/c1-21(2)8-6-18-16-5-7-22-17(20-16)13(10-19-22)12-3-4-14-15(9-12)24-11-23-14/h3-5,7,9-10H,6,8,11H2,1-2H3,(H,18,20). The van der Waals surface area contributed by atoms with E-state index in [9.17, 15) is 0 Å². The fraction of sp³-hybridized carbons (Fsp3) is 0.294. The first-order valence-electron chi connectivity index (χ1n) is 7.84. The average Bonchev–Trinajstić information content (AvgIpc) is 3.20. The highest BCUT2D eigenvalue weighted by Gasteiger charge is 2.16. The molecule has 124 valence electrons. The number of fused-ring (bicyclic) bond motifs is 2. The SMILES string of the molecule is CN(C)CCNc1ccn2ncc(-c3ccc4c(c3)OCO4)c2n1. The van der Waals surface area contributed by atoms with E-state index >= 15 is 0 Å². The largest absolute Gasteiger partial charge is 0.454 e. The summed E-state index contributed by atoms with van der Waals surface area (Å²) in [6.45, 7) is 2.05. The lowest BCUT2D eigenvalue weighted by Gasteiger charge is -2.11. The summed E-state index contributed by atoms with van der Waals surface area (Å²) in [4.78, 5) is 6.83. The molecule has 1 aliphatic rings. The molecular formula is C17H19N5O2. The van der Waals surface area contributed by atoms with Gasteiger partial charge < -0.3 is 19.7 Å². The van der Waals surface area contributed by atoms with E-state index in [1.807, 2.05) is 50.8 Å². The summed E-state index contributed by atoms with van der Waals surface area (Å²) in [5.74, 6) is 2.37. The van der Waals surface area contributed by atoms with E-state index in [4.69, 9.17) is 14.5 Å². The molecule has 0 spiro atoms. The van der Waals surface area contributed by atoms with Crippen molar-refractivity contribution in [2.75, 3.05) is 39.3 Å². The lowest BCUT2D eigenvalue weighted by Crippen LogP contribution is -2.21. The summed E-state index contributed by atoms with van der Waals surface area (Å²) in [7, 11) is 4.10. The van der Waals surface area contributed by atoms with Crippen molar-refractivity contribution in [2.45, 2.75) is 0 Å². The second kappa shape index (κ2) is 6.01. The van der Waals surface area contributed by atoms with Crippen LogP contribution >= 0.6 is 0 Å². The molecule has 3 aromatic rings. The number of aromatic nitrogens is 3. The van der Waals surface area contributed by atoms with E-state index in [1.54, 1.807) is 4.52 Å². The van der Waals surface area contributed by atoms with E-state index in [2.05, 4.69) is 15.3 Å². The number of hydrogen-bond acceptors (Lipinski definition) is 6. The zero-order chi connectivity index (χ0) is 16.5. The van der Waals surface area contributed by atoms with Crippen LogP contribution in [0, 0.1) is 0 Å². The first kappa shape index (κ1) is 14.8. The number of rotatable bonds is 5. The van der Waals surface area contributed by atoms with Crippen LogP contribution in [0.3, 0.4) is 0 Å². The topological polar surface area (TPSA) is 63.9 Å². The summed E-state index contributed by atoms with van der Waals surface area (Å²) >= 11 is 0. The monoisotopic (exact) mass is 325 g/mol. The Bertz CT molecular complexity index is 875. The molecule has 2 aromatic heterocycles. The molecule has 7 heteroatoms. The van der Waals surface area contributed by atoms with Crippen LogP contribution in [-0.4, -0.2) is 53.5 Å². The van der Waals surface area contributed by atoms with Gasteiger partial charge in [-0.05, 0) is 37.9 Å². The first-order chi connectivity index (χ1) is 11.7. The highest BCUT2D eigenvalue weighted by atomic mass is 16.7. The molecule has 3 heterocycles. The zero-order valence-corrected chi connectivity index (χ0v) is 13.7. The quantitative estimate of drug-likeness (QED) is 0.775. The van der Waals surface area contributed by atoms with Gasteiger partial charge in [0.05, 0.1) is 6.20 Å². The number of hydrogen-bond donors (Lipinski definition) is 1. The summed E-state index contributed by atoms with van der Waals surface area (Å²) in [6.07, 6.45) is 3.74. The van der Waals surface area contributed by atoms with Crippen molar-refractivity contribution in [1.29, 1.82) is 0 Å². The number of nitrogens with zero attached hydrogens (tertiary/aromatic N) is 4. The molecule has 0 aliphatic carbocycles. The van der Waals surface area contributed by atoms with Gasteiger partial charge in [0.2, 0.25) is 6.79 Å². The molecule has 0 radical (unpaired) electrons. The minimum atomic E-state index is 0.270. The second-order valence-corrected chi connectivity index (χ2v) is 5.94. The Morgan fingerprint density at radius 3 is 2.96 bits per heavy atom. The molecule has 4 rings (SSSR count). The number of benzene rings is 1.